The number of hydrogen-bond acceptors (Lipinski definition) is 5. The van der Waals surface area contributed by atoms with E-state index in [0.717, 1.165) is 35.0 Å². The molecule has 0 aliphatic carbocycles. The van der Waals surface area contributed by atoms with Crippen molar-refractivity contribution in [3.63, 3.8) is 0 Å². The number of hydrogen-bond donors (Lipinski definition) is 0. The first kappa shape index (κ1) is 24.9. The molecule has 1 saturated heterocycles. The molecule has 0 radical (unpaired) electrons. The fourth-order valence-corrected chi connectivity index (χ4v) is 5.08. The van der Waals surface area contributed by atoms with Gasteiger partial charge in [0.2, 0.25) is 0 Å². The Morgan fingerprint density at radius 3 is 2.47 bits per heavy atom. The van der Waals surface area contributed by atoms with E-state index in [2.05, 4.69) is 60.6 Å². The number of rotatable bonds is 3. The molecule has 4 heterocycles. The molecule has 7 nitrogen and oxygen atoms in total. The lowest BCUT2D eigenvalue weighted by atomic mass is 10.1. The lowest BCUT2D eigenvalue weighted by molar-refractivity contribution is 0.0185. The monoisotopic (exact) mass is 569 g/mol. The van der Waals surface area contributed by atoms with Crippen LogP contribution in [0.15, 0.2) is 30.9 Å². The van der Waals surface area contributed by atoms with Gasteiger partial charge in [0, 0.05) is 78.5 Å². The second-order valence-corrected chi connectivity index (χ2v) is 10.4. The fraction of sp³-hybridized carbons (Fsp3) is 0.522. The van der Waals surface area contributed by atoms with Crippen molar-refractivity contribution in [1.29, 1.82) is 0 Å². The summed E-state index contributed by atoms with van der Waals surface area (Å²) in [5.41, 5.74) is 3.87. The molecule has 0 atom stereocenters. The zero-order valence-corrected chi connectivity index (χ0v) is 22.6. The smallest absolute Gasteiger partial charge is 0.410 e. The molecular weight excluding hydrogens is 537 g/mol. The first-order valence-corrected chi connectivity index (χ1v) is 14.4. The molecule has 0 unspecified atom stereocenters. The number of carbonyl (C=O) groups is 1. The normalized spacial score (nSPS) is 14.9. The second kappa shape index (κ2) is 10.5. The maximum atomic E-state index is 12.3. The first-order chi connectivity index (χ1) is 15.2. The van der Waals surface area contributed by atoms with Crippen LogP contribution in [0.25, 0.3) is 22.2 Å². The highest BCUT2D eigenvalue weighted by molar-refractivity contribution is 14.2. The Kier molecular flexibility index (Phi) is 8.13. The van der Waals surface area contributed by atoms with Crippen molar-refractivity contribution in [3.8, 4) is 11.1 Å². The van der Waals surface area contributed by atoms with Crippen molar-refractivity contribution in [2.24, 2.45) is 0 Å². The average Bonchev–Trinajstić information content (AvgIpc) is 3.39. The third kappa shape index (κ3) is 5.59. The number of nitrogens with zero attached hydrogens (tertiary/aromatic N) is 5. The van der Waals surface area contributed by atoms with Crippen LogP contribution in [0.2, 0.25) is 0 Å². The molecule has 3 aromatic rings. The van der Waals surface area contributed by atoms with Crippen LogP contribution in [-0.4, -0.2) is 48.4 Å². The van der Waals surface area contributed by atoms with E-state index in [1.165, 1.54) is 5.56 Å². The molecule has 0 spiro atoms. The van der Waals surface area contributed by atoms with Crippen LogP contribution >= 0.6 is 30.3 Å². The van der Waals surface area contributed by atoms with E-state index in [-0.39, 0.29) is 12.1 Å². The van der Waals surface area contributed by atoms with Crippen LogP contribution in [0, 0.1) is 6.92 Å². The summed E-state index contributed by atoms with van der Waals surface area (Å²) in [6, 6.07) is 2.47. The summed E-state index contributed by atoms with van der Waals surface area (Å²) in [6.45, 7) is 13.2. The van der Waals surface area contributed by atoms with E-state index in [0.29, 0.717) is 13.1 Å². The van der Waals surface area contributed by atoms with Gasteiger partial charge in [0.1, 0.15) is 5.60 Å². The van der Waals surface area contributed by atoms with Gasteiger partial charge in [-0.3, -0.25) is 8.65 Å². The molecule has 4 rings (SSSR count). The number of piperidine rings is 1. The van der Waals surface area contributed by atoms with Gasteiger partial charge in [0.15, 0.2) is 5.65 Å². The van der Waals surface area contributed by atoms with Gasteiger partial charge in [0.25, 0.3) is 0 Å². The van der Waals surface area contributed by atoms with Crippen molar-refractivity contribution in [3.05, 3.63) is 36.4 Å². The summed E-state index contributed by atoms with van der Waals surface area (Å²) in [7, 11) is 1.62. The molecule has 3 aromatic heterocycles. The predicted molar refractivity (Wildman–Crippen MR) is 140 cm³/mol. The van der Waals surface area contributed by atoms with Crippen molar-refractivity contribution < 1.29 is 9.53 Å². The van der Waals surface area contributed by atoms with Gasteiger partial charge in [-0.1, -0.05) is 13.8 Å². The number of aromatic nitrogens is 4. The Hall–Kier alpha value is -1.75. The Morgan fingerprint density at radius 1 is 1.16 bits per heavy atom. The van der Waals surface area contributed by atoms with Gasteiger partial charge in [-0.15, -0.1) is 0 Å². The van der Waals surface area contributed by atoms with E-state index in [1.54, 1.807) is 14.0 Å². The number of halogens is 1. The molecule has 0 saturated carbocycles. The van der Waals surface area contributed by atoms with Crippen LogP contribution in [0.5, 0.6) is 0 Å². The van der Waals surface area contributed by atoms with Crippen molar-refractivity contribution >= 4 is 47.5 Å². The maximum absolute atomic E-state index is 12.3. The molecule has 1 amide bonds. The molecule has 9 heteroatoms. The summed E-state index contributed by atoms with van der Waals surface area (Å²) in [4.78, 5) is 18.7. The summed E-state index contributed by atoms with van der Waals surface area (Å²) >= 11 is 2.27. The van der Waals surface area contributed by atoms with Crippen LogP contribution < -0.4 is 0 Å². The molecule has 1 aliphatic heterocycles. The van der Waals surface area contributed by atoms with Gasteiger partial charge in [-0.05, 0) is 52.2 Å². The van der Waals surface area contributed by atoms with Crippen LogP contribution in [-0.2, 0) is 4.74 Å². The minimum Gasteiger partial charge on any atom is -0.444 e. The summed E-state index contributed by atoms with van der Waals surface area (Å²) in [5, 5.41) is 5.78. The van der Waals surface area contributed by atoms with Crippen molar-refractivity contribution in [2.45, 2.75) is 66.0 Å². The average molecular weight is 570 g/mol. The van der Waals surface area contributed by atoms with Gasteiger partial charge in [0.05, 0.1) is 12.2 Å². The number of aryl methyl sites for hydroxylation is 1. The molecule has 1 fully saturated rings. The second-order valence-electron chi connectivity index (χ2n) is 8.71. The molecular formula is C23H32IN5O2S. The lowest BCUT2D eigenvalue weighted by Crippen LogP contribution is -2.42. The van der Waals surface area contributed by atoms with Gasteiger partial charge in [-0.2, -0.15) is 5.10 Å². The fourth-order valence-electron chi connectivity index (χ4n) is 3.77. The topological polar surface area (TPSA) is 65.2 Å². The lowest BCUT2D eigenvalue weighted by Gasteiger charge is -2.33. The van der Waals surface area contributed by atoms with E-state index in [4.69, 9.17) is 4.74 Å². The minimum atomic E-state index is -0.464. The maximum Gasteiger partial charge on any atom is 0.410 e. The van der Waals surface area contributed by atoms with E-state index in [9.17, 15) is 4.79 Å². The van der Waals surface area contributed by atoms with Gasteiger partial charge < -0.3 is 9.64 Å². The number of ether oxygens (including phenoxy) is 1. The number of pyridine rings is 1. The third-order valence-corrected chi connectivity index (χ3v) is 7.01. The Labute approximate surface area is 206 Å². The van der Waals surface area contributed by atoms with Crippen molar-refractivity contribution in [1.82, 2.24) is 23.6 Å². The van der Waals surface area contributed by atoms with Crippen LogP contribution in [0.3, 0.4) is 0 Å². The quantitative estimate of drug-likeness (QED) is 0.331. The molecule has 174 valence electrons. The largest absolute Gasteiger partial charge is 0.444 e. The Balaban J connectivity index is 0.00000141. The SMILES string of the molecule is CC.Cc1cn(SI)c2ncc(-c3cnn(C4CCN(C(=O)OC(C)(C)C)CC4)c3)cc12. The molecule has 0 bridgehead atoms. The molecule has 32 heavy (non-hydrogen) atoms. The Morgan fingerprint density at radius 2 is 1.84 bits per heavy atom. The standard InChI is InChI=1S/C21H26IN5O2S.C2H6/c1-14-12-27(30-22)19-18(14)9-15(10-23-19)16-11-24-26(13-16)17-5-7-25(8-6-17)20(28)29-21(2,3)4;1-2/h9-13,17H,5-8H2,1-4H3;1-2H3. The summed E-state index contributed by atoms with van der Waals surface area (Å²) < 4.78 is 9.60. The van der Waals surface area contributed by atoms with Gasteiger partial charge in [-0.25, -0.2) is 9.78 Å². The number of carbonyl (C=O) groups excluding carboxylic acids is 1. The highest BCUT2D eigenvalue weighted by Crippen LogP contribution is 2.31. The molecule has 1 aliphatic rings. The Bertz CT molecular complexity index is 1060. The predicted octanol–water partition coefficient (Wildman–Crippen LogP) is 6.65. The minimum absolute atomic E-state index is 0.228. The molecule has 0 aromatic carbocycles. The zero-order chi connectivity index (χ0) is 23.5. The van der Waals surface area contributed by atoms with Gasteiger partial charge >= 0.3 is 6.09 Å². The third-order valence-electron chi connectivity index (χ3n) is 5.31. The summed E-state index contributed by atoms with van der Waals surface area (Å²) in [5.74, 6) is 0. The zero-order valence-electron chi connectivity index (χ0n) is 19.6. The van der Waals surface area contributed by atoms with Crippen LogP contribution in [0.4, 0.5) is 4.79 Å². The highest BCUT2D eigenvalue weighted by atomic mass is 127. The number of likely N-dealkylation sites (tertiary alicyclic amines) is 1. The van der Waals surface area contributed by atoms with E-state index >= 15 is 0 Å². The summed E-state index contributed by atoms with van der Waals surface area (Å²) in [6.07, 6.45) is 9.53. The van der Waals surface area contributed by atoms with Crippen LogP contribution in [0.1, 0.15) is 59.1 Å². The van der Waals surface area contributed by atoms with E-state index < -0.39 is 5.60 Å². The first-order valence-electron chi connectivity index (χ1n) is 11.0. The molecule has 0 N–H and O–H groups in total. The van der Waals surface area contributed by atoms with Crippen molar-refractivity contribution in [2.75, 3.05) is 13.1 Å². The number of amides is 1. The number of fused-ring (bicyclic) bond motifs is 1. The van der Waals surface area contributed by atoms with E-state index in [1.807, 2.05) is 51.7 Å². The highest BCUT2D eigenvalue weighted by Gasteiger charge is 2.28.